The van der Waals surface area contributed by atoms with Gasteiger partial charge in [-0.1, -0.05) is 6.92 Å². The average molecular weight is 329 g/mol. The van der Waals surface area contributed by atoms with Gasteiger partial charge in [0.1, 0.15) is 11.9 Å². The molecule has 2 atom stereocenters. The van der Waals surface area contributed by atoms with E-state index in [-0.39, 0.29) is 19.2 Å². The van der Waals surface area contributed by atoms with Crippen LogP contribution >= 0.6 is 0 Å². The molecule has 3 rings (SSSR count). The molecule has 0 radical (unpaired) electrons. The molecule has 2 heterocycles. The van der Waals surface area contributed by atoms with Crippen LogP contribution in [0.1, 0.15) is 30.9 Å². The third-order valence-corrected chi connectivity index (χ3v) is 4.22. The third kappa shape index (κ3) is 3.44. The molecule has 7 heteroatoms. The summed E-state index contributed by atoms with van der Waals surface area (Å²) in [5.41, 5.74) is -0.375. The maximum Gasteiger partial charge on any atom is 0.416 e. The molecule has 0 N–H and O–H groups in total. The van der Waals surface area contributed by atoms with Crippen LogP contribution in [0.5, 0.6) is 5.75 Å². The van der Waals surface area contributed by atoms with Crippen molar-refractivity contribution < 1.29 is 27.4 Å². The molecule has 23 heavy (non-hydrogen) atoms. The van der Waals surface area contributed by atoms with E-state index in [1.807, 2.05) is 0 Å². The summed E-state index contributed by atoms with van der Waals surface area (Å²) in [7, 11) is 0. The summed E-state index contributed by atoms with van der Waals surface area (Å²) in [6, 6.07) is 3.33. The molecule has 0 bridgehead atoms. The van der Waals surface area contributed by atoms with Gasteiger partial charge in [-0.25, -0.2) is 0 Å². The Morgan fingerprint density at radius 2 is 2.09 bits per heavy atom. The van der Waals surface area contributed by atoms with Gasteiger partial charge in [-0.15, -0.1) is 0 Å². The van der Waals surface area contributed by atoms with Gasteiger partial charge in [0.25, 0.3) is 5.91 Å². The highest BCUT2D eigenvalue weighted by molar-refractivity contribution is 5.81. The number of hydrogen-bond acceptors (Lipinski definition) is 3. The smallest absolute Gasteiger partial charge is 0.416 e. The minimum absolute atomic E-state index is 0.0343. The predicted molar refractivity (Wildman–Crippen MR) is 75.6 cm³/mol. The van der Waals surface area contributed by atoms with Gasteiger partial charge >= 0.3 is 6.18 Å². The predicted octanol–water partition coefficient (Wildman–Crippen LogP) is 3.20. The molecule has 1 aromatic rings. The van der Waals surface area contributed by atoms with Gasteiger partial charge in [0, 0.05) is 5.56 Å². The van der Waals surface area contributed by atoms with Crippen molar-refractivity contribution in [1.29, 1.82) is 0 Å². The van der Waals surface area contributed by atoms with Crippen molar-refractivity contribution >= 4 is 5.91 Å². The monoisotopic (exact) mass is 329 g/mol. The van der Waals surface area contributed by atoms with Crippen LogP contribution in [0.25, 0.3) is 0 Å². The Bertz CT molecular complexity index is 595. The van der Waals surface area contributed by atoms with Crippen LogP contribution in [0.15, 0.2) is 18.2 Å². The Morgan fingerprint density at radius 3 is 2.74 bits per heavy atom. The maximum absolute atomic E-state index is 12.8. The number of rotatable bonds is 1. The van der Waals surface area contributed by atoms with Crippen LogP contribution < -0.4 is 4.74 Å². The van der Waals surface area contributed by atoms with Gasteiger partial charge in [-0.3, -0.25) is 4.79 Å². The molecule has 1 fully saturated rings. The maximum atomic E-state index is 12.8. The molecule has 1 amide bonds. The molecule has 0 aromatic heterocycles. The zero-order chi connectivity index (χ0) is 16.6. The highest BCUT2D eigenvalue weighted by Crippen LogP contribution is 2.34. The number of alkyl halides is 3. The highest BCUT2D eigenvalue weighted by Gasteiger charge is 2.34. The lowest BCUT2D eigenvalue weighted by molar-refractivity contribution is -0.153. The third-order valence-electron chi connectivity index (χ3n) is 4.22. The number of carbonyl (C=O) groups is 1. The van der Waals surface area contributed by atoms with E-state index in [0.29, 0.717) is 30.3 Å². The Balaban J connectivity index is 1.73. The topological polar surface area (TPSA) is 38.8 Å². The van der Waals surface area contributed by atoms with Crippen molar-refractivity contribution in [2.75, 3.05) is 13.3 Å². The van der Waals surface area contributed by atoms with Crippen molar-refractivity contribution in [3.63, 3.8) is 0 Å². The summed E-state index contributed by atoms with van der Waals surface area (Å²) in [5, 5.41) is 0. The minimum Gasteiger partial charge on any atom is -0.473 e. The summed E-state index contributed by atoms with van der Waals surface area (Å²) in [6.45, 7) is 2.72. The summed E-state index contributed by atoms with van der Waals surface area (Å²) < 4.78 is 49.4. The van der Waals surface area contributed by atoms with E-state index in [9.17, 15) is 18.0 Å². The first-order valence-electron chi connectivity index (χ1n) is 7.58. The molecule has 2 aliphatic heterocycles. The van der Waals surface area contributed by atoms with E-state index in [0.717, 1.165) is 18.6 Å². The Kier molecular flexibility index (Phi) is 4.23. The first-order valence-corrected chi connectivity index (χ1v) is 7.58. The Hall–Kier alpha value is -1.76. The van der Waals surface area contributed by atoms with Crippen molar-refractivity contribution in [3.05, 3.63) is 29.3 Å². The summed E-state index contributed by atoms with van der Waals surface area (Å²) in [6.07, 6.45) is -3.40. The summed E-state index contributed by atoms with van der Waals surface area (Å²) >= 11 is 0. The van der Waals surface area contributed by atoms with Gasteiger partial charge in [0.05, 0.1) is 18.7 Å². The number of benzene rings is 1. The number of hydrogen-bond donors (Lipinski definition) is 0. The molecule has 4 nitrogen and oxygen atoms in total. The number of fused-ring (bicyclic) bond motifs is 1. The minimum atomic E-state index is -4.41. The molecule has 2 aliphatic rings. The van der Waals surface area contributed by atoms with E-state index < -0.39 is 17.8 Å². The van der Waals surface area contributed by atoms with Crippen LogP contribution in [0.4, 0.5) is 13.2 Å². The second-order valence-corrected chi connectivity index (χ2v) is 6.13. The zero-order valence-electron chi connectivity index (χ0n) is 12.7. The lowest BCUT2D eigenvalue weighted by Crippen LogP contribution is -2.45. The normalized spacial score (nSPS) is 24.8. The second kappa shape index (κ2) is 6.03. The van der Waals surface area contributed by atoms with Crippen LogP contribution in [-0.4, -0.2) is 30.2 Å². The number of nitrogens with zero attached hydrogens (tertiary/aromatic N) is 1. The molecular formula is C16H18F3NO3. The fourth-order valence-electron chi connectivity index (χ4n) is 2.84. The summed E-state index contributed by atoms with van der Waals surface area (Å²) in [4.78, 5) is 13.9. The Morgan fingerprint density at radius 1 is 1.30 bits per heavy atom. The molecule has 1 saturated heterocycles. The van der Waals surface area contributed by atoms with Gasteiger partial charge in [0.2, 0.25) is 0 Å². The van der Waals surface area contributed by atoms with Gasteiger partial charge in [0.15, 0.2) is 6.73 Å². The van der Waals surface area contributed by atoms with Gasteiger partial charge in [-0.05, 0) is 37.0 Å². The molecule has 0 unspecified atom stereocenters. The SMILES string of the molecule is C[C@@H]1CC[C@H](C(=O)N2COc3ccc(C(F)(F)F)cc3C2)OC1. The largest absolute Gasteiger partial charge is 0.473 e. The molecule has 0 spiro atoms. The van der Waals surface area contributed by atoms with Crippen molar-refractivity contribution in [3.8, 4) is 5.75 Å². The summed E-state index contributed by atoms with van der Waals surface area (Å²) in [5.74, 6) is 0.590. The van der Waals surface area contributed by atoms with Crippen molar-refractivity contribution in [2.24, 2.45) is 5.92 Å². The van der Waals surface area contributed by atoms with E-state index >= 15 is 0 Å². The van der Waals surface area contributed by atoms with Crippen LogP contribution in [-0.2, 0) is 22.3 Å². The fourth-order valence-corrected chi connectivity index (χ4v) is 2.84. The van der Waals surface area contributed by atoms with Gasteiger partial charge < -0.3 is 14.4 Å². The molecule has 126 valence electrons. The number of ether oxygens (including phenoxy) is 2. The number of amides is 1. The van der Waals surface area contributed by atoms with E-state index in [4.69, 9.17) is 9.47 Å². The number of halogens is 3. The van der Waals surface area contributed by atoms with E-state index in [2.05, 4.69) is 6.92 Å². The zero-order valence-corrected chi connectivity index (χ0v) is 12.7. The lowest BCUT2D eigenvalue weighted by Gasteiger charge is -2.34. The molecule has 0 saturated carbocycles. The second-order valence-electron chi connectivity index (χ2n) is 6.13. The quantitative estimate of drug-likeness (QED) is 0.794. The molecule has 1 aromatic carbocycles. The van der Waals surface area contributed by atoms with Crippen molar-refractivity contribution in [2.45, 2.75) is 38.6 Å². The fraction of sp³-hybridized carbons (Fsp3) is 0.562. The number of carbonyl (C=O) groups excluding carboxylic acids is 1. The van der Waals surface area contributed by atoms with Crippen LogP contribution in [0.2, 0.25) is 0 Å². The van der Waals surface area contributed by atoms with E-state index in [1.165, 1.54) is 11.0 Å². The lowest BCUT2D eigenvalue weighted by atomic mass is 9.99. The first kappa shape index (κ1) is 16.1. The van der Waals surface area contributed by atoms with Gasteiger partial charge in [-0.2, -0.15) is 13.2 Å². The van der Waals surface area contributed by atoms with Crippen LogP contribution in [0.3, 0.4) is 0 Å². The van der Waals surface area contributed by atoms with Crippen LogP contribution in [0, 0.1) is 5.92 Å². The first-order chi connectivity index (χ1) is 10.8. The highest BCUT2D eigenvalue weighted by atomic mass is 19.4. The average Bonchev–Trinajstić information content (AvgIpc) is 2.53. The molecule has 0 aliphatic carbocycles. The Labute approximate surface area is 132 Å². The standard InChI is InChI=1S/C16H18F3NO3/c1-10-2-4-14(22-8-10)15(21)20-7-11-6-12(16(17,18)19)3-5-13(11)23-9-20/h3,5-6,10,14H,2,4,7-9H2,1H3/t10-,14-/m1/s1. The van der Waals surface area contributed by atoms with Crippen molar-refractivity contribution in [1.82, 2.24) is 4.90 Å². The molecular weight excluding hydrogens is 311 g/mol. The van der Waals surface area contributed by atoms with E-state index in [1.54, 1.807) is 0 Å².